The van der Waals surface area contributed by atoms with Gasteiger partial charge in [-0.2, -0.15) is 59.4 Å². The third kappa shape index (κ3) is 37.4. The number of halogens is 18. The molecule has 12 aromatic rings. The Morgan fingerprint density at radius 1 is 0.400 bits per heavy atom. The summed E-state index contributed by atoms with van der Waals surface area (Å²) in [7, 11) is -9.51. The molecule has 12 rings (SSSR count). The predicted octanol–water partition coefficient (Wildman–Crippen LogP) is 12.8. The molecule has 0 unspecified atom stereocenters. The number of benzene rings is 6. The van der Waals surface area contributed by atoms with Crippen LogP contribution in [0, 0.1) is 0 Å². The molecule has 0 fully saturated rings. The van der Waals surface area contributed by atoms with Crippen molar-refractivity contribution in [3.63, 3.8) is 0 Å². The minimum Gasteiger partial charge on any atom is -1.00 e. The van der Waals surface area contributed by atoms with Gasteiger partial charge >= 0.3 is 151 Å². The molecule has 54 heteroatoms. The normalized spacial score (nSPS) is 11.1. The molecule has 0 amide bonds. The van der Waals surface area contributed by atoms with E-state index in [0.717, 1.165) is 16.7 Å². The number of hydrogen-bond donors (Lipinski definition) is 6. The topological polar surface area (TPSA) is 397 Å². The molecule has 0 atom stereocenters. The van der Waals surface area contributed by atoms with Crippen LogP contribution in [-0.2, 0) is 57.0 Å². The van der Waals surface area contributed by atoms with E-state index in [-0.39, 0.29) is 190 Å². The molecule has 682 valence electrons. The molecule has 0 radical (unpaired) electrons. The molecule has 0 bridgehead atoms. The van der Waals surface area contributed by atoms with Crippen molar-refractivity contribution < 1.29 is 225 Å². The number of methoxy groups -OCH3 is 2. The van der Waals surface area contributed by atoms with E-state index in [0.29, 0.717) is 79.4 Å². The summed E-state index contributed by atoms with van der Waals surface area (Å²) in [5.41, 5.74) is -0.716. The van der Waals surface area contributed by atoms with Crippen molar-refractivity contribution in [2.45, 2.75) is 66.5 Å². The van der Waals surface area contributed by atoms with Crippen molar-refractivity contribution in [2.75, 3.05) is 72.8 Å². The Morgan fingerprint density at radius 2 is 0.708 bits per heavy atom. The Balaban J connectivity index is 0.000000816. The molecule has 6 N–H and O–H groups in total. The first kappa shape index (κ1) is 118. The fraction of sp³-hybridized carbons (Fsp3) is 0.197. The third-order valence-electron chi connectivity index (χ3n) is 15.7. The maximum atomic E-state index is 13.7. The minimum absolute atomic E-state index is 0. The zero-order valence-electron chi connectivity index (χ0n) is 71.9. The van der Waals surface area contributed by atoms with Gasteiger partial charge in [0, 0.05) is 40.6 Å². The second kappa shape index (κ2) is 54.3. The molecule has 6 aromatic carbocycles. The molecule has 29 nitrogen and oxygen atoms in total. The molecular weight excluding hydrogens is 2060 g/mol. The summed E-state index contributed by atoms with van der Waals surface area (Å²) in [6.45, 7) is 12.4. The van der Waals surface area contributed by atoms with E-state index in [1.807, 2.05) is 66.7 Å². The van der Waals surface area contributed by atoms with Gasteiger partial charge in [-0.15, -0.1) is 0 Å². The number of rotatable bonds is 21. The molecule has 6 aromatic heterocycles. The largest absolute Gasteiger partial charge is 1.00 e. The van der Waals surface area contributed by atoms with Gasteiger partial charge in [0.1, 0.15) is 69.3 Å². The summed E-state index contributed by atoms with van der Waals surface area (Å²) >= 11 is 49.9. The van der Waals surface area contributed by atoms with Crippen molar-refractivity contribution in [1.82, 2.24) is 59.8 Å². The van der Waals surface area contributed by atoms with E-state index < -0.39 is 102 Å². The van der Waals surface area contributed by atoms with Crippen LogP contribution in [0.3, 0.4) is 0 Å². The van der Waals surface area contributed by atoms with Crippen molar-refractivity contribution in [3.05, 3.63) is 246 Å². The molecule has 0 saturated heterocycles. The number of nitrogens with one attached hydrogen (secondary N) is 6. The first-order valence-electron chi connectivity index (χ1n) is 35.2. The molecule has 0 aliphatic carbocycles. The van der Waals surface area contributed by atoms with Gasteiger partial charge in [0.15, 0.2) is 36.5 Å². The Labute approximate surface area is 894 Å². The van der Waals surface area contributed by atoms with Gasteiger partial charge in [0.25, 0.3) is 6.47 Å². The number of nitrogens with zero attached hydrogens (tertiary/aromatic N) is 12. The predicted molar refractivity (Wildman–Crippen MR) is 476 cm³/mol. The molecule has 0 aliphatic heterocycles. The molecule has 0 saturated carbocycles. The summed E-state index contributed by atoms with van der Waals surface area (Å²) in [5, 5.41) is 25.5. The van der Waals surface area contributed by atoms with Crippen LogP contribution in [0.2, 0.25) is 46.5 Å². The fourth-order valence-corrected chi connectivity index (χ4v) is 14.9. The number of hydrogen-bond acceptors (Lipinski definition) is 29. The molecule has 0 aliphatic rings. The zero-order valence-corrected chi connectivity index (χ0v) is 88.4. The van der Waals surface area contributed by atoms with E-state index in [4.69, 9.17) is 124 Å². The Morgan fingerprint density at radius 3 is 1.06 bits per heavy atom. The summed E-state index contributed by atoms with van der Waals surface area (Å²) in [4.78, 5) is 55.4. The molecule has 0 spiro atoms. The van der Waals surface area contributed by atoms with Crippen LogP contribution >= 0.6 is 119 Å². The van der Waals surface area contributed by atoms with Crippen molar-refractivity contribution in [2.24, 2.45) is 0 Å². The average Bonchev–Trinajstić information content (AvgIpc) is 0.785. The van der Waals surface area contributed by atoms with Gasteiger partial charge in [0.05, 0.1) is 80.9 Å². The van der Waals surface area contributed by atoms with Gasteiger partial charge in [-0.25, -0.2) is 56.7 Å². The zero-order chi connectivity index (χ0) is 94.7. The SMILES string of the molecule is CC(C)S(=O)(=O)c1ccccc1Nc1nc(Cl)ncc1C(F)(F)F.COc1cc(P(C)(C)=O)ccc1Nc1ncc(C(F)(F)F)c(Nc2ccccc2S(=O)(=O)C(C)C)n1.COc1cc(P(C)(C)=O)ccc1Nc1ncc(Cl)c(Nc2ccccc2)n1.Clc1ncc(Cl)c(Cl)n1.Clc1ncc(Cl)c(Nc2ccccc2)n1.FC(F)(F)c1cnc(Cl)nc1Cl.O=CO[O-].[H-].[H-].[K+].[K+].[Na+]. The minimum atomic E-state index is -4.81. The first-order valence-corrected chi connectivity index (χ1v) is 46.9. The maximum Gasteiger partial charge on any atom is 1.00 e. The standard InChI is InChI=1S/C23H26F3N4O4PS.C19H20ClN4O2P.C14H13ClF3N3O2S.C10H7Cl2N3.C5HCl2F3N2.C4HCl3N2.CH2O3.2K.Na.2H/c1-14(2)36(32,33)20-9-7-6-8-18(20)28-21-16(23(24,25)26)13-27-22(30-21)29-17-11-10-15(35(4,5)31)12-19(17)34-3;1-26-17-11-14(27(2,3)25)9-10-16(17)23-19-21-12-15(20)18(24-19)22-13-7-5-4-6-8-13;1-8(2)24(22,23)11-6-4-3-5-10(11)20-12-9(14(16,17)18)7-19-13(15)21-12;11-8-6-13-10(12)15-9(8)14-7-4-2-1-3-5-7;6-3-2(5(8,9)10)1-11-4(7)12-3;5-2-1-8-4(7)9-3(2)6;2-1-4-3;;;;;/h6-14H,1-5H3,(H2,27,28,29,30);4-12H,1-3H3,(H2,21,22,23,24);3-8H,1-2H3,(H,19,20,21);1-6H,(H,13,14,15);1H;1H;1,3H;;;;;/q;;;;;;;3*+1;2*-1/p-1. The Hall–Kier alpha value is -5.76. The van der Waals surface area contributed by atoms with Gasteiger partial charge in [0.2, 0.25) is 33.0 Å². The van der Waals surface area contributed by atoms with Crippen LogP contribution in [0.15, 0.2) is 193 Å². The Bertz CT molecular complexity index is 6150. The van der Waals surface area contributed by atoms with E-state index in [1.165, 1.54) is 102 Å². The van der Waals surface area contributed by atoms with Crippen LogP contribution in [0.25, 0.3) is 0 Å². The monoisotopic (exact) mass is 2120 g/mol. The number of alkyl halides is 9. The number of para-hydroxylation sites is 4. The third-order valence-corrected chi connectivity index (χ3v) is 25.4. The van der Waals surface area contributed by atoms with E-state index in [2.05, 4.69) is 96.6 Å². The summed E-state index contributed by atoms with van der Waals surface area (Å²) in [5.74, 6) is 0.764. The summed E-state index contributed by atoms with van der Waals surface area (Å²) in [6.07, 6.45) is -8.06. The Kier molecular flexibility index (Phi) is 49.4. The quantitative estimate of drug-likeness (QED) is 0.00569. The number of anilines is 12. The van der Waals surface area contributed by atoms with Crippen molar-refractivity contribution >= 4 is 225 Å². The number of aromatic nitrogens is 12. The van der Waals surface area contributed by atoms with Crippen molar-refractivity contribution in [1.29, 1.82) is 0 Å². The van der Waals surface area contributed by atoms with Crippen LogP contribution in [-0.4, -0.2) is 134 Å². The van der Waals surface area contributed by atoms with Gasteiger partial charge in [-0.3, -0.25) is 4.79 Å². The van der Waals surface area contributed by atoms with E-state index >= 15 is 0 Å². The number of ether oxygens (including phenoxy) is 2. The summed E-state index contributed by atoms with van der Waals surface area (Å²) < 4.78 is 202. The number of carbonyl (C=O) groups excluding carboxylic acids is 1. The smallest absolute Gasteiger partial charge is 1.00 e. The van der Waals surface area contributed by atoms with Crippen LogP contribution in [0.4, 0.5) is 109 Å². The average molecular weight is 2130 g/mol. The van der Waals surface area contributed by atoms with Crippen LogP contribution in [0.5, 0.6) is 11.5 Å². The second-order valence-electron chi connectivity index (χ2n) is 26.0. The maximum absolute atomic E-state index is 13.7. The van der Waals surface area contributed by atoms with Gasteiger partial charge in [-0.1, -0.05) is 119 Å². The molecule has 130 heavy (non-hydrogen) atoms. The van der Waals surface area contributed by atoms with Crippen molar-refractivity contribution in [3.8, 4) is 11.5 Å². The van der Waals surface area contributed by atoms with E-state index in [1.54, 1.807) is 64.1 Å². The molecular formula is C76H71Cl9F9K2N18NaO11P2S2. The number of sulfone groups is 2. The van der Waals surface area contributed by atoms with E-state index in [9.17, 15) is 65.5 Å². The van der Waals surface area contributed by atoms with Gasteiger partial charge < -0.3 is 63.5 Å². The summed E-state index contributed by atoms with van der Waals surface area (Å²) in [6, 6.07) is 40.6. The van der Waals surface area contributed by atoms with Gasteiger partial charge in [-0.05, 0) is 186 Å². The number of carbonyl (C=O) groups is 1. The second-order valence-corrected chi connectivity index (χ2v) is 40.7. The fourth-order valence-electron chi connectivity index (χ4n) is 9.41. The molecule has 6 heterocycles. The van der Waals surface area contributed by atoms with Crippen LogP contribution in [0.1, 0.15) is 47.2 Å². The first-order chi connectivity index (χ1) is 59.3. The van der Waals surface area contributed by atoms with Crippen LogP contribution < -0.4 is 190 Å².